The molecule has 0 aromatic heterocycles. The smallest absolute Gasteiger partial charge is 0.241 e. The molecular weight excluding hydrogens is 204 g/mol. The average molecular weight is 220 g/mol. The Morgan fingerprint density at radius 3 is 2.19 bits per heavy atom. The van der Waals surface area contributed by atoms with Crippen LogP contribution in [0.3, 0.4) is 0 Å². The summed E-state index contributed by atoms with van der Waals surface area (Å²) in [5.74, 6) is 0.0435. The number of aldehydes is 1. The van der Waals surface area contributed by atoms with Gasteiger partial charge in [0, 0.05) is 32.4 Å². The molecule has 1 rings (SSSR count). The Bertz CT molecular complexity index is 371. The van der Waals surface area contributed by atoms with Crippen molar-refractivity contribution in [3.63, 3.8) is 0 Å². The number of hydrogen-bond donors (Lipinski definition) is 0. The molecule has 4 nitrogen and oxygen atoms in total. The van der Waals surface area contributed by atoms with E-state index in [0.717, 1.165) is 12.0 Å². The molecule has 0 saturated heterocycles. The summed E-state index contributed by atoms with van der Waals surface area (Å²) in [6, 6.07) is 7.12. The van der Waals surface area contributed by atoms with Gasteiger partial charge in [-0.25, -0.2) is 0 Å². The third kappa shape index (κ3) is 3.08. The predicted molar refractivity (Wildman–Crippen MR) is 63.8 cm³/mol. The van der Waals surface area contributed by atoms with Crippen molar-refractivity contribution >= 4 is 17.9 Å². The van der Waals surface area contributed by atoms with E-state index in [0.29, 0.717) is 12.1 Å². The fourth-order valence-electron chi connectivity index (χ4n) is 1.24. The zero-order valence-corrected chi connectivity index (χ0v) is 9.80. The van der Waals surface area contributed by atoms with E-state index in [-0.39, 0.29) is 5.91 Å². The fourth-order valence-corrected chi connectivity index (χ4v) is 1.24. The molecule has 0 fully saturated rings. The summed E-state index contributed by atoms with van der Waals surface area (Å²) >= 11 is 0. The number of benzene rings is 1. The SMILES string of the molecule is CN(C)C(=O)CN(C)c1ccc(C=O)cc1. The van der Waals surface area contributed by atoms with Crippen molar-refractivity contribution < 1.29 is 9.59 Å². The van der Waals surface area contributed by atoms with E-state index in [2.05, 4.69) is 0 Å². The highest BCUT2D eigenvalue weighted by Crippen LogP contribution is 2.12. The van der Waals surface area contributed by atoms with Crippen molar-refractivity contribution in [1.82, 2.24) is 4.90 Å². The van der Waals surface area contributed by atoms with Gasteiger partial charge < -0.3 is 9.80 Å². The van der Waals surface area contributed by atoms with Crippen molar-refractivity contribution in [2.24, 2.45) is 0 Å². The largest absolute Gasteiger partial charge is 0.365 e. The van der Waals surface area contributed by atoms with Crippen molar-refractivity contribution in [3.05, 3.63) is 29.8 Å². The standard InChI is InChI=1S/C12H16N2O2/c1-13(2)12(16)8-14(3)11-6-4-10(9-15)5-7-11/h4-7,9H,8H2,1-3H3. The van der Waals surface area contributed by atoms with Gasteiger partial charge in [-0.3, -0.25) is 9.59 Å². The van der Waals surface area contributed by atoms with Gasteiger partial charge in [0.15, 0.2) is 0 Å². The topological polar surface area (TPSA) is 40.6 Å². The Morgan fingerprint density at radius 1 is 1.19 bits per heavy atom. The Labute approximate surface area is 95.5 Å². The first-order valence-corrected chi connectivity index (χ1v) is 5.01. The molecule has 0 aliphatic carbocycles. The minimum absolute atomic E-state index is 0.0435. The number of nitrogens with zero attached hydrogens (tertiary/aromatic N) is 2. The molecule has 0 aliphatic heterocycles. The van der Waals surface area contributed by atoms with E-state index in [1.54, 1.807) is 31.1 Å². The van der Waals surface area contributed by atoms with Crippen LogP contribution in [0, 0.1) is 0 Å². The monoisotopic (exact) mass is 220 g/mol. The van der Waals surface area contributed by atoms with Gasteiger partial charge in [-0.2, -0.15) is 0 Å². The highest BCUT2D eigenvalue weighted by atomic mass is 16.2. The third-order valence-electron chi connectivity index (χ3n) is 2.34. The van der Waals surface area contributed by atoms with Crippen LogP contribution >= 0.6 is 0 Å². The first-order chi connectivity index (χ1) is 7.54. The Balaban J connectivity index is 2.69. The van der Waals surface area contributed by atoms with Gasteiger partial charge in [-0.1, -0.05) is 0 Å². The quantitative estimate of drug-likeness (QED) is 0.711. The van der Waals surface area contributed by atoms with Crippen LogP contribution in [0.4, 0.5) is 5.69 Å². The summed E-state index contributed by atoms with van der Waals surface area (Å²) in [5.41, 5.74) is 1.55. The fraction of sp³-hybridized carbons (Fsp3) is 0.333. The van der Waals surface area contributed by atoms with Gasteiger partial charge in [-0.15, -0.1) is 0 Å². The lowest BCUT2D eigenvalue weighted by Gasteiger charge is -2.20. The van der Waals surface area contributed by atoms with E-state index in [1.807, 2.05) is 24.1 Å². The van der Waals surface area contributed by atoms with Crippen LogP contribution in [0.5, 0.6) is 0 Å². The van der Waals surface area contributed by atoms with E-state index in [4.69, 9.17) is 0 Å². The van der Waals surface area contributed by atoms with Gasteiger partial charge in [-0.05, 0) is 24.3 Å². The lowest BCUT2D eigenvalue weighted by Crippen LogP contribution is -2.34. The molecular formula is C12H16N2O2. The lowest BCUT2D eigenvalue weighted by atomic mass is 10.2. The zero-order valence-electron chi connectivity index (χ0n) is 9.80. The minimum atomic E-state index is 0.0435. The first kappa shape index (κ1) is 12.2. The van der Waals surface area contributed by atoms with Crippen molar-refractivity contribution in [3.8, 4) is 0 Å². The molecule has 16 heavy (non-hydrogen) atoms. The Hall–Kier alpha value is -1.84. The second-order valence-corrected chi connectivity index (χ2v) is 3.85. The van der Waals surface area contributed by atoms with E-state index >= 15 is 0 Å². The maximum absolute atomic E-state index is 11.5. The van der Waals surface area contributed by atoms with Gasteiger partial charge >= 0.3 is 0 Å². The summed E-state index contributed by atoms with van der Waals surface area (Å²) in [6.45, 7) is 0.327. The molecule has 0 saturated carbocycles. The van der Waals surface area contributed by atoms with Crippen LogP contribution in [0.2, 0.25) is 0 Å². The molecule has 4 heteroatoms. The number of hydrogen-bond acceptors (Lipinski definition) is 3. The number of carbonyl (C=O) groups is 2. The normalized spacial score (nSPS) is 9.69. The Kier molecular flexibility index (Phi) is 4.05. The molecule has 0 radical (unpaired) electrons. The van der Waals surface area contributed by atoms with E-state index in [1.165, 1.54) is 0 Å². The molecule has 1 aromatic rings. The van der Waals surface area contributed by atoms with Gasteiger partial charge in [0.05, 0.1) is 6.54 Å². The molecule has 1 amide bonds. The summed E-state index contributed by atoms with van der Waals surface area (Å²) < 4.78 is 0. The minimum Gasteiger partial charge on any atom is -0.365 e. The van der Waals surface area contributed by atoms with Crippen molar-refractivity contribution in [2.45, 2.75) is 0 Å². The molecule has 0 bridgehead atoms. The van der Waals surface area contributed by atoms with Crippen LogP contribution in [0.15, 0.2) is 24.3 Å². The van der Waals surface area contributed by atoms with Crippen molar-refractivity contribution in [1.29, 1.82) is 0 Å². The molecule has 0 heterocycles. The molecule has 0 N–H and O–H groups in total. The Morgan fingerprint density at radius 2 is 1.75 bits per heavy atom. The second kappa shape index (κ2) is 5.30. The summed E-state index contributed by atoms with van der Waals surface area (Å²) in [5, 5.41) is 0. The lowest BCUT2D eigenvalue weighted by molar-refractivity contribution is -0.127. The highest BCUT2D eigenvalue weighted by molar-refractivity contribution is 5.81. The summed E-state index contributed by atoms with van der Waals surface area (Å²) in [4.78, 5) is 25.4. The van der Waals surface area contributed by atoms with Crippen LogP contribution in [-0.4, -0.2) is 44.8 Å². The number of rotatable bonds is 4. The third-order valence-corrected chi connectivity index (χ3v) is 2.34. The molecule has 1 aromatic carbocycles. The van der Waals surface area contributed by atoms with Crippen molar-refractivity contribution in [2.75, 3.05) is 32.6 Å². The molecule has 0 atom stereocenters. The van der Waals surface area contributed by atoms with E-state index in [9.17, 15) is 9.59 Å². The number of carbonyl (C=O) groups excluding carboxylic acids is 2. The van der Waals surface area contributed by atoms with Crippen LogP contribution in [-0.2, 0) is 4.79 Å². The number of likely N-dealkylation sites (N-methyl/N-ethyl adjacent to an activating group) is 2. The average Bonchev–Trinajstić information content (AvgIpc) is 2.28. The predicted octanol–water partition coefficient (Wildman–Crippen LogP) is 1.02. The van der Waals surface area contributed by atoms with Crippen LogP contribution in [0.1, 0.15) is 10.4 Å². The summed E-state index contributed by atoms with van der Waals surface area (Å²) in [6.07, 6.45) is 0.800. The van der Waals surface area contributed by atoms with Gasteiger partial charge in [0.2, 0.25) is 5.91 Å². The van der Waals surface area contributed by atoms with Gasteiger partial charge in [0.1, 0.15) is 6.29 Å². The number of anilines is 1. The zero-order chi connectivity index (χ0) is 12.1. The molecule has 0 spiro atoms. The van der Waals surface area contributed by atoms with Crippen LogP contribution < -0.4 is 4.90 Å². The second-order valence-electron chi connectivity index (χ2n) is 3.85. The maximum atomic E-state index is 11.5. The van der Waals surface area contributed by atoms with Gasteiger partial charge in [0.25, 0.3) is 0 Å². The molecule has 0 unspecified atom stereocenters. The summed E-state index contributed by atoms with van der Waals surface area (Å²) in [7, 11) is 5.30. The molecule has 86 valence electrons. The number of amides is 1. The van der Waals surface area contributed by atoms with E-state index < -0.39 is 0 Å². The molecule has 0 aliphatic rings. The first-order valence-electron chi connectivity index (χ1n) is 5.01. The highest BCUT2D eigenvalue weighted by Gasteiger charge is 2.08. The maximum Gasteiger partial charge on any atom is 0.241 e. The van der Waals surface area contributed by atoms with Crippen LogP contribution in [0.25, 0.3) is 0 Å².